The largest absolute Gasteiger partial charge is 0.305 e. The van der Waals surface area contributed by atoms with E-state index in [9.17, 15) is 0 Å². The fourth-order valence-electron chi connectivity index (χ4n) is 4.55. The third kappa shape index (κ3) is 2.97. The molecule has 1 saturated carbocycles. The Labute approximate surface area is 156 Å². The third-order valence-corrected chi connectivity index (χ3v) is 6.33. The molecule has 5 heteroatoms. The molecule has 0 spiro atoms. The number of likely N-dealkylation sites (tertiary alicyclic amines) is 1. The molecular formula is C21H29N5. The van der Waals surface area contributed by atoms with Gasteiger partial charge in [-0.25, -0.2) is 9.67 Å². The van der Waals surface area contributed by atoms with Gasteiger partial charge in [-0.2, -0.15) is 5.10 Å². The van der Waals surface area contributed by atoms with Crippen molar-refractivity contribution in [3.05, 3.63) is 41.0 Å². The van der Waals surface area contributed by atoms with E-state index in [-0.39, 0.29) is 0 Å². The molecule has 1 aromatic heterocycles. The number of fused-ring (bicyclic) bond motifs is 1. The molecule has 1 aromatic carbocycles. The van der Waals surface area contributed by atoms with Crippen LogP contribution in [0.5, 0.6) is 0 Å². The first-order chi connectivity index (χ1) is 12.7. The minimum Gasteiger partial charge on any atom is -0.305 e. The Bertz CT molecular complexity index is 805. The predicted molar refractivity (Wildman–Crippen MR) is 103 cm³/mol. The van der Waals surface area contributed by atoms with Gasteiger partial charge in [-0.05, 0) is 69.8 Å². The summed E-state index contributed by atoms with van der Waals surface area (Å²) in [6, 6.07) is 7.38. The minimum absolute atomic E-state index is 0.597. The summed E-state index contributed by atoms with van der Waals surface area (Å²) < 4.78 is 2.18. The molecule has 2 fully saturated rings. The number of likely N-dealkylation sites (N-methyl/N-ethyl adjacent to an activating group) is 1. The van der Waals surface area contributed by atoms with Crippen molar-refractivity contribution in [1.29, 1.82) is 0 Å². The number of rotatable bonds is 5. The lowest BCUT2D eigenvalue weighted by atomic mass is 10.1. The van der Waals surface area contributed by atoms with E-state index in [0.29, 0.717) is 12.0 Å². The van der Waals surface area contributed by atoms with Crippen molar-refractivity contribution in [3.8, 4) is 5.69 Å². The number of hydrogen-bond donors (Lipinski definition) is 0. The van der Waals surface area contributed by atoms with Crippen LogP contribution in [0, 0.1) is 0 Å². The summed E-state index contributed by atoms with van der Waals surface area (Å²) in [6.45, 7) is 3.20. The maximum Gasteiger partial charge on any atom is 0.154 e. The van der Waals surface area contributed by atoms with Crippen LogP contribution in [0.2, 0.25) is 0 Å². The number of hydrogen-bond acceptors (Lipinski definition) is 4. The standard InChI is InChI=1S/C21H29N5/c1-24(2)17-11-12-25(13-17)14-20-22-21(16-9-10-16)23-26(20)19-8-4-6-15-5-3-7-18(15)19/h4,6,8,16-17H,3,5,7,9-14H2,1-2H3/t17-/m1/s1. The highest BCUT2D eigenvalue weighted by Gasteiger charge is 2.31. The predicted octanol–water partition coefficient (Wildman–Crippen LogP) is 2.77. The van der Waals surface area contributed by atoms with E-state index in [2.05, 4.69) is 46.8 Å². The van der Waals surface area contributed by atoms with Crippen molar-refractivity contribution in [2.24, 2.45) is 0 Å². The van der Waals surface area contributed by atoms with Gasteiger partial charge in [0.15, 0.2) is 5.82 Å². The van der Waals surface area contributed by atoms with Gasteiger partial charge in [0.05, 0.1) is 12.2 Å². The topological polar surface area (TPSA) is 37.2 Å². The summed E-state index contributed by atoms with van der Waals surface area (Å²) in [5.41, 5.74) is 4.28. The van der Waals surface area contributed by atoms with E-state index in [0.717, 1.165) is 31.3 Å². The monoisotopic (exact) mass is 351 g/mol. The van der Waals surface area contributed by atoms with Gasteiger partial charge in [0.25, 0.3) is 0 Å². The van der Waals surface area contributed by atoms with Crippen LogP contribution in [0.3, 0.4) is 0 Å². The molecule has 26 heavy (non-hydrogen) atoms. The van der Waals surface area contributed by atoms with E-state index in [1.807, 2.05) is 0 Å². The van der Waals surface area contributed by atoms with Crippen molar-refractivity contribution in [1.82, 2.24) is 24.6 Å². The summed E-state index contributed by atoms with van der Waals surface area (Å²) in [7, 11) is 4.38. The molecule has 0 amide bonds. The number of aromatic nitrogens is 3. The average Bonchev–Trinajstić information content (AvgIpc) is 3.05. The molecule has 1 atom stereocenters. The zero-order valence-electron chi connectivity index (χ0n) is 16.0. The average molecular weight is 351 g/mol. The van der Waals surface area contributed by atoms with Crippen molar-refractivity contribution in [3.63, 3.8) is 0 Å². The molecule has 5 rings (SSSR count). The van der Waals surface area contributed by atoms with Crippen molar-refractivity contribution < 1.29 is 0 Å². The van der Waals surface area contributed by atoms with Crippen LogP contribution >= 0.6 is 0 Å². The lowest BCUT2D eigenvalue weighted by Crippen LogP contribution is -2.31. The van der Waals surface area contributed by atoms with E-state index in [1.165, 1.54) is 55.3 Å². The van der Waals surface area contributed by atoms with Gasteiger partial charge >= 0.3 is 0 Å². The fraction of sp³-hybridized carbons (Fsp3) is 0.619. The highest BCUT2D eigenvalue weighted by molar-refractivity contribution is 5.48. The van der Waals surface area contributed by atoms with E-state index in [4.69, 9.17) is 10.1 Å². The highest BCUT2D eigenvalue weighted by Crippen LogP contribution is 2.39. The maximum atomic E-state index is 5.00. The molecule has 0 radical (unpaired) electrons. The van der Waals surface area contributed by atoms with E-state index in [1.54, 1.807) is 0 Å². The van der Waals surface area contributed by atoms with Gasteiger partial charge in [-0.1, -0.05) is 12.1 Å². The molecule has 0 N–H and O–H groups in total. The molecule has 2 aromatic rings. The normalized spacial score (nSPS) is 23.1. The second-order valence-corrected chi connectivity index (χ2v) is 8.48. The summed E-state index contributed by atoms with van der Waals surface area (Å²) in [4.78, 5) is 9.90. The number of nitrogens with zero attached hydrogens (tertiary/aromatic N) is 5. The fourth-order valence-corrected chi connectivity index (χ4v) is 4.55. The SMILES string of the molecule is CN(C)[C@@H]1CCN(Cc2nc(C3CC3)nn2-c2cccc3c2CCC3)C1. The third-order valence-electron chi connectivity index (χ3n) is 6.33. The minimum atomic E-state index is 0.597. The smallest absolute Gasteiger partial charge is 0.154 e. The molecular weight excluding hydrogens is 322 g/mol. The molecule has 138 valence electrons. The molecule has 2 heterocycles. The van der Waals surface area contributed by atoms with Crippen molar-refractivity contribution in [2.75, 3.05) is 27.2 Å². The summed E-state index contributed by atoms with van der Waals surface area (Å²) in [5.74, 6) is 2.80. The molecule has 5 nitrogen and oxygen atoms in total. The van der Waals surface area contributed by atoms with Crippen LogP contribution in [-0.4, -0.2) is 57.8 Å². The lowest BCUT2D eigenvalue weighted by molar-refractivity contribution is 0.260. The quantitative estimate of drug-likeness (QED) is 0.830. The Hall–Kier alpha value is -1.72. The first kappa shape index (κ1) is 16.5. The second kappa shape index (κ2) is 6.46. The lowest BCUT2D eigenvalue weighted by Gasteiger charge is -2.20. The molecule has 1 aliphatic heterocycles. The Morgan fingerprint density at radius 2 is 2.04 bits per heavy atom. The molecule has 0 bridgehead atoms. The summed E-state index contributed by atoms with van der Waals surface area (Å²) in [6.07, 6.45) is 7.40. The first-order valence-electron chi connectivity index (χ1n) is 10.1. The van der Waals surface area contributed by atoms with Gasteiger partial charge < -0.3 is 4.90 Å². The highest BCUT2D eigenvalue weighted by atomic mass is 15.4. The first-order valence-corrected chi connectivity index (χ1v) is 10.1. The van der Waals surface area contributed by atoms with Gasteiger partial charge in [-0.15, -0.1) is 0 Å². The van der Waals surface area contributed by atoms with Crippen LogP contribution < -0.4 is 0 Å². The molecule has 2 aliphatic carbocycles. The summed E-state index contributed by atoms with van der Waals surface area (Å²) >= 11 is 0. The summed E-state index contributed by atoms with van der Waals surface area (Å²) in [5, 5.41) is 4.98. The number of benzene rings is 1. The van der Waals surface area contributed by atoms with Gasteiger partial charge in [0.2, 0.25) is 0 Å². The van der Waals surface area contributed by atoms with Crippen molar-refractivity contribution >= 4 is 0 Å². The van der Waals surface area contributed by atoms with Crippen LogP contribution in [0.4, 0.5) is 0 Å². The van der Waals surface area contributed by atoms with Crippen LogP contribution in [0.15, 0.2) is 18.2 Å². The zero-order chi connectivity index (χ0) is 17.7. The van der Waals surface area contributed by atoms with Crippen molar-refractivity contribution in [2.45, 2.75) is 57.0 Å². The molecule has 1 saturated heterocycles. The Kier molecular flexibility index (Phi) is 4.09. The van der Waals surface area contributed by atoms with Crippen LogP contribution in [0.1, 0.15) is 54.4 Å². The zero-order valence-corrected chi connectivity index (χ0v) is 16.0. The van der Waals surface area contributed by atoms with Crippen LogP contribution in [-0.2, 0) is 19.4 Å². The molecule has 0 unspecified atom stereocenters. The van der Waals surface area contributed by atoms with Gasteiger partial charge in [0, 0.05) is 25.0 Å². The second-order valence-electron chi connectivity index (χ2n) is 8.48. The Morgan fingerprint density at radius 1 is 1.15 bits per heavy atom. The van der Waals surface area contributed by atoms with Gasteiger partial charge in [0.1, 0.15) is 5.82 Å². The Balaban J connectivity index is 1.47. The Morgan fingerprint density at radius 3 is 2.81 bits per heavy atom. The van der Waals surface area contributed by atoms with Crippen LogP contribution in [0.25, 0.3) is 5.69 Å². The van der Waals surface area contributed by atoms with E-state index >= 15 is 0 Å². The number of aryl methyl sites for hydroxylation is 1. The van der Waals surface area contributed by atoms with E-state index < -0.39 is 0 Å². The maximum absolute atomic E-state index is 5.00. The van der Waals surface area contributed by atoms with Gasteiger partial charge in [-0.3, -0.25) is 4.90 Å². The molecule has 3 aliphatic rings.